The molecule has 1 spiro atoms. The second kappa shape index (κ2) is 3.96. The van der Waals surface area contributed by atoms with Gasteiger partial charge in [0.1, 0.15) is 5.76 Å². The first-order chi connectivity index (χ1) is 10.0. The number of carbonyl (C=O) groups excluding carboxylic acids is 1. The predicted octanol–water partition coefficient (Wildman–Crippen LogP) is 1.47. The first kappa shape index (κ1) is 13.0. The Hall–Kier alpha value is -1.66. The SMILES string of the molecule is COC1=C[C@H]2C[C@H]3[C@H](N(C)C)c4onc(C)c4C(=O)[C@@]13O2. The third-order valence-corrected chi connectivity index (χ3v) is 4.93. The van der Waals surface area contributed by atoms with E-state index in [-0.39, 0.29) is 23.8 Å². The number of aryl methyl sites for hydroxylation is 1. The summed E-state index contributed by atoms with van der Waals surface area (Å²) in [5.41, 5.74) is 0.164. The molecule has 0 N–H and O–H groups in total. The highest BCUT2D eigenvalue weighted by Gasteiger charge is 2.68. The standard InChI is InChI=1S/C15H18N2O4/c1-7-11-13(21-16-7)12(17(2)3)9-5-8-6-10(19-4)15(9,20-8)14(11)18/h6,8-9,12H,5H2,1-4H3/t8-,9+,12+,15+/m1/s1. The van der Waals surface area contributed by atoms with Crippen molar-refractivity contribution in [1.82, 2.24) is 10.1 Å². The molecule has 0 aromatic carbocycles. The second-order valence-electron chi connectivity index (χ2n) is 6.21. The lowest BCUT2D eigenvalue weighted by Crippen LogP contribution is -2.53. The Kier molecular flexibility index (Phi) is 2.45. The van der Waals surface area contributed by atoms with Crippen LogP contribution in [-0.2, 0) is 9.47 Å². The average Bonchev–Trinajstić information content (AvgIpc) is 3.09. The van der Waals surface area contributed by atoms with Crippen molar-refractivity contribution < 1.29 is 18.8 Å². The van der Waals surface area contributed by atoms with E-state index < -0.39 is 5.60 Å². The van der Waals surface area contributed by atoms with Gasteiger partial charge in [0.25, 0.3) is 0 Å². The Bertz CT molecular complexity index is 663. The van der Waals surface area contributed by atoms with Crippen molar-refractivity contribution in [3.05, 3.63) is 28.9 Å². The van der Waals surface area contributed by atoms with E-state index in [4.69, 9.17) is 14.0 Å². The lowest BCUT2D eigenvalue weighted by molar-refractivity contribution is -0.0309. The molecule has 4 rings (SSSR count). The number of rotatable bonds is 2. The topological polar surface area (TPSA) is 64.8 Å². The largest absolute Gasteiger partial charge is 0.498 e. The van der Waals surface area contributed by atoms with E-state index in [2.05, 4.69) is 10.1 Å². The molecule has 21 heavy (non-hydrogen) atoms. The van der Waals surface area contributed by atoms with Gasteiger partial charge in [0, 0.05) is 5.92 Å². The molecule has 1 aliphatic carbocycles. The molecular formula is C15H18N2O4. The minimum atomic E-state index is -1.00. The Morgan fingerprint density at radius 3 is 2.90 bits per heavy atom. The van der Waals surface area contributed by atoms with Gasteiger partial charge in [0.05, 0.1) is 30.5 Å². The van der Waals surface area contributed by atoms with Crippen molar-refractivity contribution in [3.8, 4) is 0 Å². The lowest BCUT2D eigenvalue weighted by Gasteiger charge is -2.42. The first-order valence-corrected chi connectivity index (χ1v) is 7.12. The molecule has 6 heteroatoms. The summed E-state index contributed by atoms with van der Waals surface area (Å²) in [6, 6.07) is -0.0391. The lowest BCUT2D eigenvalue weighted by atomic mass is 9.67. The van der Waals surface area contributed by atoms with Crippen LogP contribution >= 0.6 is 0 Å². The molecule has 112 valence electrons. The molecule has 6 nitrogen and oxygen atoms in total. The van der Waals surface area contributed by atoms with Gasteiger partial charge in [-0.3, -0.25) is 9.69 Å². The maximum Gasteiger partial charge on any atom is 0.208 e. The van der Waals surface area contributed by atoms with Gasteiger partial charge in [-0.05, 0) is 33.5 Å². The number of hydrogen-bond acceptors (Lipinski definition) is 6. The minimum Gasteiger partial charge on any atom is -0.498 e. The van der Waals surface area contributed by atoms with Crippen LogP contribution < -0.4 is 0 Å². The van der Waals surface area contributed by atoms with E-state index in [0.717, 1.165) is 6.42 Å². The molecule has 3 aliphatic rings. The van der Waals surface area contributed by atoms with Gasteiger partial charge < -0.3 is 14.0 Å². The fourth-order valence-electron chi connectivity index (χ4n) is 4.16. The molecule has 2 bridgehead atoms. The Balaban J connectivity index is 1.97. The molecule has 0 amide bonds. The monoisotopic (exact) mass is 290 g/mol. The zero-order chi connectivity index (χ0) is 14.9. The third kappa shape index (κ3) is 1.34. The molecule has 1 aromatic rings. The van der Waals surface area contributed by atoms with E-state index in [1.807, 2.05) is 20.2 Å². The van der Waals surface area contributed by atoms with Gasteiger partial charge in [-0.2, -0.15) is 0 Å². The van der Waals surface area contributed by atoms with Crippen molar-refractivity contribution in [2.24, 2.45) is 5.92 Å². The maximum absolute atomic E-state index is 13.1. The minimum absolute atomic E-state index is 0.00944. The van der Waals surface area contributed by atoms with Gasteiger partial charge >= 0.3 is 0 Å². The van der Waals surface area contributed by atoms with Crippen LogP contribution in [0.4, 0.5) is 0 Å². The van der Waals surface area contributed by atoms with E-state index >= 15 is 0 Å². The van der Waals surface area contributed by atoms with Crippen LogP contribution in [-0.4, -0.2) is 48.7 Å². The van der Waals surface area contributed by atoms with Crippen molar-refractivity contribution in [2.75, 3.05) is 21.2 Å². The Morgan fingerprint density at radius 2 is 2.24 bits per heavy atom. The summed E-state index contributed by atoms with van der Waals surface area (Å²) in [5.74, 6) is 1.20. The highest BCUT2D eigenvalue weighted by molar-refractivity contribution is 6.08. The second-order valence-corrected chi connectivity index (χ2v) is 6.21. The van der Waals surface area contributed by atoms with Crippen LogP contribution in [0.25, 0.3) is 0 Å². The third-order valence-electron chi connectivity index (χ3n) is 4.93. The molecule has 3 heterocycles. The van der Waals surface area contributed by atoms with E-state index in [9.17, 15) is 4.79 Å². The molecule has 1 fully saturated rings. The van der Waals surface area contributed by atoms with Gasteiger partial charge in [-0.25, -0.2) is 0 Å². The van der Waals surface area contributed by atoms with Crippen LogP contribution in [0.2, 0.25) is 0 Å². The first-order valence-electron chi connectivity index (χ1n) is 7.12. The number of nitrogens with zero attached hydrogens (tertiary/aromatic N) is 2. The van der Waals surface area contributed by atoms with Crippen molar-refractivity contribution in [3.63, 3.8) is 0 Å². The summed E-state index contributed by atoms with van der Waals surface area (Å²) in [4.78, 5) is 15.2. The molecular weight excluding hydrogens is 272 g/mol. The molecule has 2 aliphatic heterocycles. The maximum atomic E-state index is 13.1. The van der Waals surface area contributed by atoms with Crippen LogP contribution in [0.5, 0.6) is 0 Å². The Labute approximate surface area is 122 Å². The normalized spacial score (nSPS) is 36.7. The summed E-state index contributed by atoms with van der Waals surface area (Å²) < 4.78 is 17.0. The molecule has 0 unspecified atom stereocenters. The van der Waals surface area contributed by atoms with Crippen LogP contribution in [0, 0.1) is 12.8 Å². The number of ketones is 1. The molecule has 4 atom stereocenters. The van der Waals surface area contributed by atoms with Crippen molar-refractivity contribution in [1.29, 1.82) is 0 Å². The van der Waals surface area contributed by atoms with Gasteiger partial charge in [0.15, 0.2) is 11.4 Å². The molecule has 0 saturated carbocycles. The summed E-state index contributed by atoms with van der Waals surface area (Å²) in [6.45, 7) is 1.79. The van der Waals surface area contributed by atoms with Crippen LogP contribution in [0.15, 0.2) is 16.4 Å². The van der Waals surface area contributed by atoms with Crippen LogP contribution in [0.1, 0.15) is 34.3 Å². The van der Waals surface area contributed by atoms with Crippen LogP contribution in [0.3, 0.4) is 0 Å². The van der Waals surface area contributed by atoms with Crippen molar-refractivity contribution >= 4 is 5.78 Å². The fraction of sp³-hybridized carbons (Fsp3) is 0.600. The number of carbonyl (C=O) groups is 1. The van der Waals surface area contributed by atoms with Gasteiger partial charge in [-0.1, -0.05) is 5.16 Å². The van der Waals surface area contributed by atoms with E-state index in [1.54, 1.807) is 14.0 Å². The smallest absolute Gasteiger partial charge is 0.208 e. The number of Topliss-reactive ketones (excluding diaryl/α,β-unsaturated/α-hetero) is 1. The summed E-state index contributed by atoms with van der Waals surface area (Å²) >= 11 is 0. The Morgan fingerprint density at radius 1 is 1.48 bits per heavy atom. The molecule has 1 aromatic heterocycles. The zero-order valence-electron chi connectivity index (χ0n) is 12.5. The van der Waals surface area contributed by atoms with Gasteiger partial charge in [0.2, 0.25) is 5.78 Å². The average molecular weight is 290 g/mol. The summed E-state index contributed by atoms with van der Waals surface area (Å²) in [6.07, 6.45) is 2.66. The number of aromatic nitrogens is 1. The summed E-state index contributed by atoms with van der Waals surface area (Å²) in [5, 5.41) is 4.00. The quantitative estimate of drug-likeness (QED) is 0.822. The number of ether oxygens (including phenoxy) is 2. The van der Waals surface area contributed by atoms with E-state index in [0.29, 0.717) is 22.8 Å². The predicted molar refractivity (Wildman–Crippen MR) is 72.8 cm³/mol. The highest BCUT2D eigenvalue weighted by atomic mass is 16.6. The molecule has 1 saturated heterocycles. The number of hydrogen-bond donors (Lipinski definition) is 0. The number of fused-ring (bicyclic) bond motifs is 2. The number of methoxy groups -OCH3 is 1. The fourth-order valence-corrected chi connectivity index (χ4v) is 4.16. The zero-order valence-corrected chi connectivity index (χ0v) is 12.5. The van der Waals surface area contributed by atoms with Gasteiger partial charge in [-0.15, -0.1) is 0 Å². The van der Waals surface area contributed by atoms with E-state index in [1.165, 1.54) is 0 Å². The highest BCUT2D eigenvalue weighted by Crippen LogP contribution is 2.58. The summed E-state index contributed by atoms with van der Waals surface area (Å²) in [7, 11) is 5.56. The molecule has 0 radical (unpaired) electrons. The van der Waals surface area contributed by atoms with Crippen molar-refractivity contribution in [2.45, 2.75) is 31.1 Å².